The minimum absolute atomic E-state index is 0.162. The quantitative estimate of drug-likeness (QED) is 0.692. The number of nitrogens with one attached hydrogen (secondary N) is 1. The van der Waals surface area contributed by atoms with Gasteiger partial charge in [0.25, 0.3) is 0 Å². The van der Waals surface area contributed by atoms with Crippen LogP contribution >= 0.6 is 0 Å². The molecule has 0 spiro atoms. The van der Waals surface area contributed by atoms with Crippen LogP contribution in [-0.4, -0.2) is 27.1 Å². The summed E-state index contributed by atoms with van der Waals surface area (Å²) >= 11 is 0. The van der Waals surface area contributed by atoms with Crippen LogP contribution in [0.5, 0.6) is 5.75 Å². The summed E-state index contributed by atoms with van der Waals surface area (Å²) < 4.78 is 16.9. The molecule has 0 aliphatic rings. The van der Waals surface area contributed by atoms with Gasteiger partial charge < -0.3 is 13.9 Å². The Balaban J connectivity index is 2.83. The lowest BCUT2D eigenvalue weighted by molar-refractivity contribution is 0.0635. The van der Waals surface area contributed by atoms with E-state index < -0.39 is 20.0 Å². The topological polar surface area (TPSA) is 56.8 Å². The number of ether oxygens (including phenoxy) is 2. The fraction of sp³-hybridized carbons (Fsp3) is 0.632. The molecule has 6 heteroatoms. The van der Waals surface area contributed by atoms with Crippen molar-refractivity contribution in [2.45, 2.75) is 71.9 Å². The summed E-state index contributed by atoms with van der Waals surface area (Å²) in [5.41, 5.74) is 1.04. The normalized spacial score (nSPS) is 12.7. The third kappa shape index (κ3) is 6.70. The Morgan fingerprint density at radius 3 is 2.20 bits per heavy atom. The molecule has 1 rings (SSSR count). The highest BCUT2D eigenvalue weighted by Gasteiger charge is 2.37. The Labute approximate surface area is 153 Å². The van der Waals surface area contributed by atoms with Crippen LogP contribution < -0.4 is 10.1 Å². The largest absolute Gasteiger partial charge is 0.495 e. The van der Waals surface area contributed by atoms with Crippen LogP contribution in [0.2, 0.25) is 18.1 Å². The Morgan fingerprint density at radius 2 is 1.72 bits per heavy atom. The highest BCUT2D eigenvalue weighted by atomic mass is 28.4. The van der Waals surface area contributed by atoms with Crippen molar-refractivity contribution in [3.05, 3.63) is 23.8 Å². The van der Waals surface area contributed by atoms with Gasteiger partial charge in [-0.25, -0.2) is 4.79 Å². The second kappa shape index (κ2) is 7.79. The van der Waals surface area contributed by atoms with Gasteiger partial charge in [-0.15, -0.1) is 0 Å². The Hall–Kier alpha value is -1.53. The van der Waals surface area contributed by atoms with Crippen LogP contribution in [0.25, 0.3) is 0 Å². The first-order valence-electron chi connectivity index (χ1n) is 8.56. The molecule has 0 bridgehead atoms. The van der Waals surface area contributed by atoms with Gasteiger partial charge in [-0.3, -0.25) is 5.32 Å². The van der Waals surface area contributed by atoms with Crippen LogP contribution in [0.15, 0.2) is 18.2 Å². The van der Waals surface area contributed by atoms with E-state index >= 15 is 0 Å². The first kappa shape index (κ1) is 21.5. The van der Waals surface area contributed by atoms with Crippen LogP contribution in [0, 0.1) is 0 Å². The van der Waals surface area contributed by atoms with E-state index in [0.717, 1.165) is 5.56 Å². The van der Waals surface area contributed by atoms with Crippen molar-refractivity contribution in [2.24, 2.45) is 0 Å². The van der Waals surface area contributed by atoms with Crippen molar-refractivity contribution in [3.63, 3.8) is 0 Å². The van der Waals surface area contributed by atoms with E-state index in [4.69, 9.17) is 13.9 Å². The SMILES string of the molecule is COc1cc(CO[Si](C)(C)C(C)(C)C)ccc1NC(=O)OC(C)(C)C. The molecule has 0 aliphatic carbocycles. The average Bonchev–Trinajstić information content (AvgIpc) is 2.43. The van der Waals surface area contributed by atoms with Gasteiger partial charge in [0.05, 0.1) is 19.4 Å². The average molecular weight is 368 g/mol. The standard InChI is InChI=1S/C19H33NO4Si/c1-18(2,3)24-17(21)20-15-11-10-14(12-16(15)22-7)13-23-25(8,9)19(4,5)6/h10-12H,13H2,1-9H3,(H,20,21). The van der Waals surface area contributed by atoms with E-state index in [2.05, 4.69) is 39.2 Å². The number of carbonyl (C=O) groups is 1. The predicted molar refractivity (Wildman–Crippen MR) is 105 cm³/mol. The maximum atomic E-state index is 11.9. The molecule has 0 radical (unpaired) electrons. The summed E-state index contributed by atoms with van der Waals surface area (Å²) in [6.07, 6.45) is -0.504. The van der Waals surface area contributed by atoms with E-state index in [9.17, 15) is 4.79 Å². The number of hydrogen-bond donors (Lipinski definition) is 1. The summed E-state index contributed by atoms with van der Waals surface area (Å²) in [4.78, 5) is 11.9. The lowest BCUT2D eigenvalue weighted by Crippen LogP contribution is -2.40. The summed E-state index contributed by atoms with van der Waals surface area (Å²) in [5.74, 6) is 0.585. The molecule has 1 amide bonds. The summed E-state index contributed by atoms with van der Waals surface area (Å²) in [6, 6.07) is 5.63. The number of rotatable bonds is 5. The zero-order valence-electron chi connectivity index (χ0n) is 17.1. The molecule has 0 saturated carbocycles. The Kier molecular flexibility index (Phi) is 6.70. The lowest BCUT2D eigenvalue weighted by Gasteiger charge is -2.36. The lowest BCUT2D eigenvalue weighted by atomic mass is 10.2. The number of amides is 1. The minimum Gasteiger partial charge on any atom is -0.495 e. The Bertz CT molecular complexity index is 600. The number of methoxy groups -OCH3 is 1. The van der Waals surface area contributed by atoms with Crippen molar-refractivity contribution in [3.8, 4) is 5.75 Å². The number of carbonyl (C=O) groups excluding carboxylic acids is 1. The van der Waals surface area contributed by atoms with Gasteiger partial charge in [0.15, 0.2) is 8.32 Å². The molecule has 1 aromatic carbocycles. The molecule has 0 aromatic heterocycles. The molecule has 1 aromatic rings. The molecular formula is C19H33NO4Si. The molecule has 0 saturated heterocycles. The molecule has 1 N–H and O–H groups in total. The van der Waals surface area contributed by atoms with E-state index in [0.29, 0.717) is 18.0 Å². The van der Waals surface area contributed by atoms with E-state index in [1.807, 2.05) is 39.0 Å². The molecule has 0 heterocycles. The fourth-order valence-electron chi connectivity index (χ4n) is 1.82. The second-order valence-electron chi connectivity index (χ2n) is 8.71. The molecule has 25 heavy (non-hydrogen) atoms. The number of anilines is 1. The van der Waals surface area contributed by atoms with Gasteiger partial charge in [0.2, 0.25) is 0 Å². The zero-order valence-corrected chi connectivity index (χ0v) is 18.1. The fourth-order valence-corrected chi connectivity index (χ4v) is 2.78. The molecule has 5 nitrogen and oxygen atoms in total. The predicted octanol–water partition coefficient (Wildman–Crippen LogP) is 5.56. The van der Waals surface area contributed by atoms with Crippen LogP contribution in [0.3, 0.4) is 0 Å². The Morgan fingerprint density at radius 1 is 1.12 bits per heavy atom. The second-order valence-corrected chi connectivity index (χ2v) is 13.5. The van der Waals surface area contributed by atoms with Gasteiger partial charge in [0.1, 0.15) is 11.4 Å². The monoisotopic (exact) mass is 367 g/mol. The van der Waals surface area contributed by atoms with Crippen molar-refractivity contribution < 1.29 is 18.7 Å². The van der Waals surface area contributed by atoms with Crippen molar-refractivity contribution in [1.82, 2.24) is 0 Å². The summed E-state index contributed by atoms with van der Waals surface area (Å²) in [6.45, 7) is 17.1. The number of benzene rings is 1. The summed E-state index contributed by atoms with van der Waals surface area (Å²) in [5, 5.41) is 2.89. The van der Waals surface area contributed by atoms with Gasteiger partial charge >= 0.3 is 6.09 Å². The third-order valence-corrected chi connectivity index (χ3v) is 8.79. The molecule has 0 aliphatic heterocycles. The van der Waals surface area contributed by atoms with E-state index in [1.54, 1.807) is 7.11 Å². The smallest absolute Gasteiger partial charge is 0.412 e. The highest BCUT2D eigenvalue weighted by Crippen LogP contribution is 2.37. The first-order valence-corrected chi connectivity index (χ1v) is 11.5. The molecule has 0 fully saturated rings. The van der Waals surface area contributed by atoms with Crippen molar-refractivity contribution >= 4 is 20.1 Å². The van der Waals surface area contributed by atoms with Crippen LogP contribution in [0.1, 0.15) is 47.1 Å². The third-order valence-electron chi connectivity index (χ3n) is 4.31. The van der Waals surface area contributed by atoms with Crippen molar-refractivity contribution in [1.29, 1.82) is 0 Å². The van der Waals surface area contributed by atoms with Gasteiger partial charge in [-0.2, -0.15) is 0 Å². The minimum atomic E-state index is -1.81. The zero-order chi connectivity index (χ0) is 19.5. The van der Waals surface area contributed by atoms with E-state index in [-0.39, 0.29) is 5.04 Å². The van der Waals surface area contributed by atoms with Gasteiger partial charge in [-0.05, 0) is 56.6 Å². The number of hydrogen-bond acceptors (Lipinski definition) is 4. The molecule has 142 valence electrons. The van der Waals surface area contributed by atoms with Crippen molar-refractivity contribution in [2.75, 3.05) is 12.4 Å². The van der Waals surface area contributed by atoms with Crippen LogP contribution in [0.4, 0.5) is 10.5 Å². The van der Waals surface area contributed by atoms with Crippen LogP contribution in [-0.2, 0) is 15.8 Å². The molecule has 0 unspecified atom stereocenters. The van der Waals surface area contributed by atoms with E-state index in [1.165, 1.54) is 0 Å². The highest BCUT2D eigenvalue weighted by molar-refractivity contribution is 6.74. The molecule has 0 atom stereocenters. The van der Waals surface area contributed by atoms with Gasteiger partial charge in [-0.1, -0.05) is 26.8 Å². The maximum absolute atomic E-state index is 11.9. The molecular weight excluding hydrogens is 334 g/mol. The van der Waals surface area contributed by atoms with Gasteiger partial charge in [0, 0.05) is 0 Å². The summed E-state index contributed by atoms with van der Waals surface area (Å²) in [7, 11) is -0.235. The maximum Gasteiger partial charge on any atom is 0.412 e. The first-order chi connectivity index (χ1) is 11.2.